The van der Waals surface area contributed by atoms with Crippen LogP contribution >= 0.6 is 15.9 Å². The number of nitrogens with two attached hydrogens (primary N) is 1. The maximum Gasteiger partial charge on any atom is 0.105 e. The summed E-state index contributed by atoms with van der Waals surface area (Å²) in [4.78, 5) is 0. The summed E-state index contributed by atoms with van der Waals surface area (Å²) in [5.41, 5.74) is 9.54. The van der Waals surface area contributed by atoms with Gasteiger partial charge < -0.3 is 10.2 Å². The largest absolute Gasteiger partial charge is 0.466 e. The molecule has 0 aliphatic heterocycles. The fourth-order valence-electron chi connectivity index (χ4n) is 2.40. The van der Waals surface area contributed by atoms with Crippen molar-refractivity contribution in [2.75, 3.05) is 0 Å². The van der Waals surface area contributed by atoms with Crippen LogP contribution in [0, 0.1) is 20.8 Å². The van der Waals surface area contributed by atoms with Gasteiger partial charge in [-0.1, -0.05) is 0 Å². The highest BCUT2D eigenvalue weighted by Gasteiger charge is 2.19. The molecule has 0 saturated carbocycles. The average Bonchev–Trinajstić information content (AvgIpc) is 2.83. The van der Waals surface area contributed by atoms with Crippen LogP contribution in [-0.4, -0.2) is 9.78 Å². The minimum atomic E-state index is -0.0739. The van der Waals surface area contributed by atoms with Crippen LogP contribution in [0.25, 0.3) is 0 Å². The summed E-state index contributed by atoms with van der Waals surface area (Å²) < 4.78 is 8.61. The lowest BCUT2D eigenvalue weighted by Gasteiger charge is -2.12. The second-order valence-corrected chi connectivity index (χ2v) is 5.63. The third-order valence-corrected chi connectivity index (χ3v) is 4.38. The van der Waals surface area contributed by atoms with E-state index in [1.165, 1.54) is 0 Å². The van der Waals surface area contributed by atoms with Crippen molar-refractivity contribution >= 4 is 15.9 Å². The van der Waals surface area contributed by atoms with Crippen molar-refractivity contribution in [1.29, 1.82) is 0 Å². The first-order chi connectivity index (χ1) is 8.93. The quantitative estimate of drug-likeness (QED) is 0.936. The Morgan fingerprint density at radius 2 is 2.11 bits per heavy atom. The topological polar surface area (TPSA) is 57.0 Å². The molecule has 0 aliphatic carbocycles. The van der Waals surface area contributed by atoms with Gasteiger partial charge in [-0.2, -0.15) is 5.10 Å². The third-order valence-electron chi connectivity index (χ3n) is 3.34. The van der Waals surface area contributed by atoms with Crippen LogP contribution in [0.4, 0.5) is 0 Å². The van der Waals surface area contributed by atoms with Crippen molar-refractivity contribution in [3.63, 3.8) is 0 Å². The maximum atomic E-state index is 6.32. The summed E-state index contributed by atoms with van der Waals surface area (Å²) in [6.45, 7) is 8.83. The molecule has 0 fully saturated rings. The van der Waals surface area contributed by atoms with E-state index in [2.05, 4.69) is 28.0 Å². The number of furan rings is 1. The molecule has 1 unspecified atom stereocenters. The first kappa shape index (κ1) is 14.3. The molecule has 2 N–H and O–H groups in total. The second-order valence-electron chi connectivity index (χ2n) is 4.84. The van der Waals surface area contributed by atoms with Gasteiger partial charge in [-0.3, -0.25) is 4.68 Å². The molecule has 104 valence electrons. The van der Waals surface area contributed by atoms with Gasteiger partial charge >= 0.3 is 0 Å². The number of hydrogen-bond donors (Lipinski definition) is 1. The Morgan fingerprint density at radius 3 is 2.63 bits per heavy atom. The molecule has 2 rings (SSSR count). The zero-order chi connectivity index (χ0) is 14.2. The number of hydrogen-bond acceptors (Lipinski definition) is 3. The average molecular weight is 326 g/mol. The lowest BCUT2D eigenvalue weighted by molar-refractivity contribution is 0.495. The van der Waals surface area contributed by atoms with E-state index in [1.807, 2.05) is 31.5 Å². The van der Waals surface area contributed by atoms with Gasteiger partial charge in [0.15, 0.2) is 0 Å². The van der Waals surface area contributed by atoms with Crippen molar-refractivity contribution < 1.29 is 4.42 Å². The molecule has 2 aromatic rings. The molecular weight excluding hydrogens is 306 g/mol. The van der Waals surface area contributed by atoms with Gasteiger partial charge in [0.25, 0.3) is 0 Å². The van der Waals surface area contributed by atoms with Gasteiger partial charge in [0.2, 0.25) is 0 Å². The first-order valence-corrected chi connectivity index (χ1v) is 7.27. The van der Waals surface area contributed by atoms with Crippen LogP contribution in [0.2, 0.25) is 0 Å². The van der Waals surface area contributed by atoms with Crippen molar-refractivity contribution in [3.8, 4) is 0 Å². The van der Waals surface area contributed by atoms with Gasteiger partial charge in [0.05, 0.1) is 15.9 Å². The van der Waals surface area contributed by atoms with Crippen LogP contribution in [0.15, 0.2) is 15.0 Å². The van der Waals surface area contributed by atoms with E-state index >= 15 is 0 Å². The molecule has 0 aromatic carbocycles. The molecule has 0 bridgehead atoms. The fraction of sp³-hybridized carbons (Fsp3) is 0.500. The van der Waals surface area contributed by atoms with Gasteiger partial charge in [-0.25, -0.2) is 0 Å². The van der Waals surface area contributed by atoms with Crippen LogP contribution < -0.4 is 5.73 Å². The standard InChI is InChI=1S/C14H20BrN3O/c1-5-18-13(14(15)9(3)17-18)7-12(16)11-6-8(2)19-10(11)4/h6,12H,5,7,16H2,1-4H3. The fourth-order valence-corrected chi connectivity index (χ4v) is 2.85. The summed E-state index contributed by atoms with van der Waals surface area (Å²) in [5.74, 6) is 1.81. The second kappa shape index (κ2) is 5.51. The number of aryl methyl sites for hydroxylation is 4. The van der Waals surface area contributed by atoms with Gasteiger partial charge in [-0.05, 0) is 49.7 Å². The number of aromatic nitrogens is 2. The molecule has 1 atom stereocenters. The molecule has 0 saturated heterocycles. The van der Waals surface area contributed by atoms with Crippen LogP contribution in [-0.2, 0) is 13.0 Å². The van der Waals surface area contributed by atoms with E-state index in [4.69, 9.17) is 10.2 Å². The van der Waals surface area contributed by atoms with E-state index in [0.717, 1.165) is 45.9 Å². The Labute approximate surface area is 122 Å². The Morgan fingerprint density at radius 1 is 1.42 bits per heavy atom. The van der Waals surface area contributed by atoms with Crippen molar-refractivity contribution in [1.82, 2.24) is 9.78 Å². The predicted octanol–water partition coefficient (Wildman–Crippen LogP) is 3.43. The summed E-state index contributed by atoms with van der Waals surface area (Å²) in [7, 11) is 0. The van der Waals surface area contributed by atoms with E-state index in [-0.39, 0.29) is 6.04 Å². The minimum absolute atomic E-state index is 0.0739. The Hall–Kier alpha value is -1.07. The van der Waals surface area contributed by atoms with Crippen LogP contribution in [0.3, 0.4) is 0 Å². The highest BCUT2D eigenvalue weighted by Crippen LogP contribution is 2.28. The van der Waals surface area contributed by atoms with Crippen molar-refractivity contribution in [2.45, 2.75) is 46.7 Å². The Bertz CT molecular complexity index is 586. The molecule has 2 heterocycles. The lowest BCUT2D eigenvalue weighted by atomic mass is 10.0. The van der Waals surface area contributed by atoms with E-state index in [1.54, 1.807) is 0 Å². The molecule has 4 nitrogen and oxygen atoms in total. The maximum absolute atomic E-state index is 6.32. The Kier molecular flexibility index (Phi) is 4.16. The van der Waals surface area contributed by atoms with E-state index < -0.39 is 0 Å². The predicted molar refractivity (Wildman–Crippen MR) is 79.2 cm³/mol. The molecule has 0 amide bonds. The summed E-state index contributed by atoms with van der Waals surface area (Å²) >= 11 is 3.60. The zero-order valence-electron chi connectivity index (χ0n) is 11.8. The van der Waals surface area contributed by atoms with Gasteiger partial charge in [-0.15, -0.1) is 0 Å². The number of nitrogens with zero attached hydrogens (tertiary/aromatic N) is 2. The molecule has 0 spiro atoms. The molecule has 5 heteroatoms. The van der Waals surface area contributed by atoms with Gasteiger partial charge in [0, 0.05) is 24.6 Å². The Balaban J connectivity index is 2.28. The molecule has 2 aromatic heterocycles. The molecule has 0 aliphatic rings. The van der Waals surface area contributed by atoms with Crippen LogP contribution in [0.1, 0.15) is 41.4 Å². The highest BCUT2D eigenvalue weighted by molar-refractivity contribution is 9.10. The smallest absolute Gasteiger partial charge is 0.105 e. The molecular formula is C14H20BrN3O. The zero-order valence-corrected chi connectivity index (χ0v) is 13.4. The minimum Gasteiger partial charge on any atom is -0.466 e. The summed E-state index contributed by atoms with van der Waals surface area (Å²) in [6, 6.07) is 1.95. The van der Waals surface area contributed by atoms with Crippen LogP contribution in [0.5, 0.6) is 0 Å². The van der Waals surface area contributed by atoms with Gasteiger partial charge in [0.1, 0.15) is 11.5 Å². The number of rotatable bonds is 4. The van der Waals surface area contributed by atoms with E-state index in [0.29, 0.717) is 0 Å². The first-order valence-electron chi connectivity index (χ1n) is 6.48. The lowest BCUT2D eigenvalue weighted by Crippen LogP contribution is -2.16. The third kappa shape index (κ3) is 2.77. The van der Waals surface area contributed by atoms with Crippen molar-refractivity contribution in [3.05, 3.63) is 39.0 Å². The monoisotopic (exact) mass is 325 g/mol. The molecule has 19 heavy (non-hydrogen) atoms. The highest BCUT2D eigenvalue weighted by atomic mass is 79.9. The van der Waals surface area contributed by atoms with Crippen molar-refractivity contribution in [2.24, 2.45) is 5.73 Å². The summed E-state index contributed by atoms with van der Waals surface area (Å²) in [5, 5.41) is 4.49. The SMILES string of the molecule is CCn1nc(C)c(Br)c1CC(N)c1cc(C)oc1C. The van der Waals surface area contributed by atoms with E-state index in [9.17, 15) is 0 Å². The number of halogens is 1. The molecule has 0 radical (unpaired) electrons. The normalized spacial score (nSPS) is 12.9. The summed E-state index contributed by atoms with van der Waals surface area (Å²) in [6.07, 6.45) is 0.745.